The summed E-state index contributed by atoms with van der Waals surface area (Å²) in [4.78, 5) is 30.2. The van der Waals surface area contributed by atoms with Gasteiger partial charge in [-0.25, -0.2) is 10.4 Å². The normalized spacial score (nSPS) is 11.1. The molecule has 150 valence electrons. The highest BCUT2D eigenvalue weighted by Crippen LogP contribution is 2.30. The van der Waals surface area contributed by atoms with Crippen molar-refractivity contribution in [1.29, 1.82) is 0 Å². The second-order valence-corrected chi connectivity index (χ2v) is 7.30. The van der Waals surface area contributed by atoms with E-state index in [0.29, 0.717) is 10.2 Å². The molecule has 0 unspecified atom stereocenters. The van der Waals surface area contributed by atoms with Crippen LogP contribution in [0.2, 0.25) is 0 Å². The lowest BCUT2D eigenvalue weighted by atomic mass is 10.1. The van der Waals surface area contributed by atoms with E-state index in [0.717, 1.165) is 22.4 Å². The van der Waals surface area contributed by atoms with Gasteiger partial charge in [0.15, 0.2) is 0 Å². The van der Waals surface area contributed by atoms with Crippen molar-refractivity contribution in [1.82, 2.24) is 15.0 Å². The summed E-state index contributed by atoms with van der Waals surface area (Å²) in [6.45, 7) is -0.175. The average Bonchev–Trinajstić information content (AvgIpc) is 3.22. The van der Waals surface area contributed by atoms with E-state index in [-0.39, 0.29) is 12.1 Å². The number of benzene rings is 2. The van der Waals surface area contributed by atoms with Gasteiger partial charge in [0.2, 0.25) is 0 Å². The molecule has 2 heterocycles. The first-order chi connectivity index (χ1) is 14.7. The molecule has 2 aromatic heterocycles. The van der Waals surface area contributed by atoms with Gasteiger partial charge in [-0.05, 0) is 35.4 Å². The monoisotopic (exact) mass is 418 g/mol. The molecular weight excluding hydrogens is 400 g/mol. The molecule has 1 N–H and O–H groups in total. The number of aromatic nitrogens is 2. The van der Waals surface area contributed by atoms with Gasteiger partial charge in [0.25, 0.3) is 11.5 Å². The third-order valence-corrected chi connectivity index (χ3v) is 5.36. The number of fused-ring (bicyclic) bond motifs is 1. The number of hydrogen-bond acceptors (Lipinski definition) is 6. The zero-order valence-corrected chi connectivity index (χ0v) is 16.9. The SMILES string of the molecule is COc1ccc(/C=N/NC(=O)Cn2cnc3scc(-c4ccccc4)c3c2=O)cc1. The first-order valence-corrected chi connectivity index (χ1v) is 10.0. The number of rotatable bonds is 6. The predicted octanol–water partition coefficient (Wildman–Crippen LogP) is 3.28. The van der Waals surface area contributed by atoms with Crippen molar-refractivity contribution in [2.45, 2.75) is 6.54 Å². The van der Waals surface area contributed by atoms with E-state index in [1.54, 1.807) is 19.2 Å². The van der Waals surface area contributed by atoms with Gasteiger partial charge in [-0.15, -0.1) is 11.3 Å². The van der Waals surface area contributed by atoms with Crippen molar-refractivity contribution in [2.24, 2.45) is 5.10 Å². The maximum atomic E-state index is 13.0. The smallest absolute Gasteiger partial charge is 0.263 e. The van der Waals surface area contributed by atoms with Crippen molar-refractivity contribution < 1.29 is 9.53 Å². The second kappa shape index (κ2) is 8.71. The van der Waals surface area contributed by atoms with Crippen LogP contribution in [0.4, 0.5) is 0 Å². The van der Waals surface area contributed by atoms with E-state index in [4.69, 9.17) is 4.74 Å². The molecular formula is C22H18N4O3S. The molecule has 0 aliphatic heterocycles. The quantitative estimate of drug-likeness (QED) is 0.385. The number of methoxy groups -OCH3 is 1. The number of carbonyl (C=O) groups is 1. The summed E-state index contributed by atoms with van der Waals surface area (Å²) in [7, 11) is 1.59. The van der Waals surface area contributed by atoms with Crippen LogP contribution in [0.5, 0.6) is 5.75 Å². The molecule has 0 aliphatic rings. The predicted molar refractivity (Wildman–Crippen MR) is 118 cm³/mol. The third kappa shape index (κ3) is 4.13. The Morgan fingerprint density at radius 1 is 1.20 bits per heavy atom. The van der Waals surface area contributed by atoms with Crippen LogP contribution in [0.25, 0.3) is 21.3 Å². The van der Waals surface area contributed by atoms with Gasteiger partial charge in [-0.3, -0.25) is 14.2 Å². The van der Waals surface area contributed by atoms with E-state index >= 15 is 0 Å². The van der Waals surface area contributed by atoms with Crippen LogP contribution >= 0.6 is 11.3 Å². The number of ether oxygens (including phenoxy) is 1. The first kappa shape index (κ1) is 19.5. The fourth-order valence-electron chi connectivity index (χ4n) is 2.97. The largest absolute Gasteiger partial charge is 0.497 e. The van der Waals surface area contributed by atoms with Crippen LogP contribution in [0.3, 0.4) is 0 Å². The summed E-state index contributed by atoms with van der Waals surface area (Å²) >= 11 is 1.41. The molecule has 8 heteroatoms. The number of nitrogens with zero attached hydrogens (tertiary/aromatic N) is 3. The van der Waals surface area contributed by atoms with Gasteiger partial charge in [-0.1, -0.05) is 30.3 Å². The van der Waals surface area contributed by atoms with E-state index in [1.807, 2.05) is 47.8 Å². The maximum Gasteiger partial charge on any atom is 0.263 e. The molecule has 2 aromatic carbocycles. The van der Waals surface area contributed by atoms with Crippen LogP contribution in [-0.4, -0.2) is 28.8 Å². The van der Waals surface area contributed by atoms with Crippen molar-refractivity contribution in [3.8, 4) is 16.9 Å². The van der Waals surface area contributed by atoms with Crippen LogP contribution in [0, 0.1) is 0 Å². The Bertz CT molecular complexity index is 1260. The fourth-order valence-corrected chi connectivity index (χ4v) is 3.88. The Kier molecular flexibility index (Phi) is 5.67. The summed E-state index contributed by atoms with van der Waals surface area (Å²) in [5, 5.41) is 6.37. The molecule has 0 bridgehead atoms. The number of thiophene rings is 1. The van der Waals surface area contributed by atoms with E-state index in [9.17, 15) is 9.59 Å². The molecule has 0 fully saturated rings. The molecule has 0 saturated carbocycles. The number of nitrogens with one attached hydrogen (secondary N) is 1. The number of amides is 1. The standard InChI is InChI=1S/C22H18N4O3S/c1-29-17-9-7-15(8-10-17)11-24-25-19(27)12-26-14-23-21-20(22(26)28)18(13-30-21)16-5-3-2-4-6-16/h2-11,13-14H,12H2,1H3,(H,25,27)/b24-11+. The van der Waals surface area contributed by atoms with Gasteiger partial charge in [0, 0.05) is 10.9 Å². The number of hydrazone groups is 1. The number of carbonyl (C=O) groups excluding carboxylic acids is 1. The van der Waals surface area contributed by atoms with Crippen molar-refractivity contribution in [3.63, 3.8) is 0 Å². The van der Waals surface area contributed by atoms with Crippen LogP contribution in [0.1, 0.15) is 5.56 Å². The molecule has 0 aliphatic carbocycles. The van der Waals surface area contributed by atoms with Gasteiger partial charge in [0.05, 0.1) is 25.0 Å². The summed E-state index contributed by atoms with van der Waals surface area (Å²) in [6.07, 6.45) is 2.91. The highest BCUT2D eigenvalue weighted by atomic mass is 32.1. The van der Waals surface area contributed by atoms with Gasteiger partial charge in [-0.2, -0.15) is 5.10 Å². The van der Waals surface area contributed by atoms with Crippen molar-refractivity contribution >= 4 is 33.7 Å². The minimum atomic E-state index is -0.417. The highest BCUT2D eigenvalue weighted by molar-refractivity contribution is 7.17. The molecule has 0 radical (unpaired) electrons. The van der Waals surface area contributed by atoms with Crippen LogP contribution < -0.4 is 15.7 Å². The van der Waals surface area contributed by atoms with E-state index in [1.165, 1.54) is 28.4 Å². The van der Waals surface area contributed by atoms with Gasteiger partial charge >= 0.3 is 0 Å². The molecule has 7 nitrogen and oxygen atoms in total. The summed E-state index contributed by atoms with van der Waals surface area (Å²) in [5.41, 5.74) is 4.75. The van der Waals surface area contributed by atoms with Crippen molar-refractivity contribution in [2.75, 3.05) is 7.11 Å². The average molecular weight is 418 g/mol. The lowest BCUT2D eigenvalue weighted by Gasteiger charge is -2.05. The van der Waals surface area contributed by atoms with E-state index in [2.05, 4.69) is 15.5 Å². The molecule has 0 spiro atoms. The Morgan fingerprint density at radius 2 is 1.97 bits per heavy atom. The first-order valence-electron chi connectivity index (χ1n) is 9.14. The highest BCUT2D eigenvalue weighted by Gasteiger charge is 2.14. The molecule has 1 amide bonds. The van der Waals surface area contributed by atoms with Gasteiger partial charge < -0.3 is 4.74 Å². The third-order valence-electron chi connectivity index (χ3n) is 4.48. The maximum absolute atomic E-state index is 13.0. The summed E-state index contributed by atoms with van der Waals surface area (Å²) < 4.78 is 6.39. The summed E-state index contributed by atoms with van der Waals surface area (Å²) in [6, 6.07) is 16.9. The summed E-state index contributed by atoms with van der Waals surface area (Å²) in [5.74, 6) is 0.321. The minimum absolute atomic E-state index is 0.175. The molecule has 4 rings (SSSR count). The Balaban J connectivity index is 1.50. The number of hydrogen-bond donors (Lipinski definition) is 1. The molecule has 0 saturated heterocycles. The van der Waals surface area contributed by atoms with E-state index < -0.39 is 5.91 Å². The molecule has 0 atom stereocenters. The van der Waals surface area contributed by atoms with Gasteiger partial charge in [0.1, 0.15) is 17.1 Å². The Morgan fingerprint density at radius 3 is 2.70 bits per heavy atom. The molecule has 4 aromatic rings. The van der Waals surface area contributed by atoms with Crippen molar-refractivity contribution in [3.05, 3.63) is 82.2 Å². The zero-order valence-electron chi connectivity index (χ0n) is 16.1. The van der Waals surface area contributed by atoms with Crippen LogP contribution in [0.15, 0.2) is 76.2 Å². The Labute approximate surface area is 176 Å². The van der Waals surface area contributed by atoms with Crippen LogP contribution in [-0.2, 0) is 11.3 Å². The fraction of sp³-hybridized carbons (Fsp3) is 0.0909. The lowest BCUT2D eigenvalue weighted by Crippen LogP contribution is -2.30. The Hall–Kier alpha value is -3.78. The molecule has 30 heavy (non-hydrogen) atoms. The zero-order chi connectivity index (χ0) is 20.9. The second-order valence-electron chi connectivity index (χ2n) is 6.44. The lowest BCUT2D eigenvalue weighted by molar-refractivity contribution is -0.121. The topological polar surface area (TPSA) is 85.6 Å². The minimum Gasteiger partial charge on any atom is -0.497 e.